The van der Waals surface area contributed by atoms with Gasteiger partial charge in [-0.15, -0.1) is 0 Å². The molecule has 0 bridgehead atoms. The molecule has 21 heavy (non-hydrogen) atoms. The Kier molecular flexibility index (Phi) is 4.02. The van der Waals surface area contributed by atoms with Crippen LogP contribution in [0.15, 0.2) is 22.7 Å². The van der Waals surface area contributed by atoms with Crippen LogP contribution in [-0.4, -0.2) is 22.5 Å². The van der Waals surface area contributed by atoms with E-state index in [1.54, 1.807) is 0 Å². The van der Waals surface area contributed by atoms with Crippen molar-refractivity contribution in [2.75, 3.05) is 6.61 Å². The zero-order valence-electron chi connectivity index (χ0n) is 12.1. The summed E-state index contributed by atoms with van der Waals surface area (Å²) in [6.07, 6.45) is 4.88. The summed E-state index contributed by atoms with van der Waals surface area (Å²) in [6.45, 7) is 2.26. The van der Waals surface area contributed by atoms with E-state index < -0.39 is 5.41 Å². The molecule has 4 nitrogen and oxygen atoms in total. The van der Waals surface area contributed by atoms with Crippen LogP contribution in [0, 0.1) is 0 Å². The quantitative estimate of drug-likeness (QED) is 0.848. The van der Waals surface area contributed by atoms with E-state index in [9.17, 15) is 4.79 Å². The van der Waals surface area contributed by atoms with Crippen molar-refractivity contribution in [3.63, 3.8) is 0 Å². The number of aromatic nitrogens is 2. The summed E-state index contributed by atoms with van der Waals surface area (Å²) in [5, 5.41) is 0. The third-order valence-electron chi connectivity index (χ3n) is 4.27. The fraction of sp³-hybridized carbons (Fsp3) is 0.500. The van der Waals surface area contributed by atoms with Crippen LogP contribution in [0.3, 0.4) is 0 Å². The molecule has 0 spiro atoms. The number of nitrogens with one attached hydrogen (secondary N) is 1. The van der Waals surface area contributed by atoms with Crippen LogP contribution in [0.4, 0.5) is 0 Å². The number of nitrogens with zero attached hydrogens (tertiary/aromatic N) is 1. The Labute approximate surface area is 132 Å². The molecule has 0 amide bonds. The average molecular weight is 351 g/mol. The summed E-state index contributed by atoms with van der Waals surface area (Å²) in [6, 6.07) is 5.92. The fourth-order valence-corrected chi connectivity index (χ4v) is 3.53. The molecule has 5 heteroatoms. The number of carbonyl (C=O) groups excluding carboxylic acids is 1. The Bertz CT molecular complexity index is 659. The second-order valence-electron chi connectivity index (χ2n) is 5.61. The smallest absolute Gasteiger partial charge is 0.319 e. The molecule has 1 N–H and O–H groups in total. The number of imidazole rings is 1. The number of rotatable bonds is 3. The van der Waals surface area contributed by atoms with Gasteiger partial charge in [-0.3, -0.25) is 4.79 Å². The zero-order valence-corrected chi connectivity index (χ0v) is 13.7. The first-order chi connectivity index (χ1) is 10.2. The molecule has 1 aliphatic carbocycles. The SMILES string of the molecule is CCOC(=O)C1(c2nc3ccc(Br)cc3[nH]2)CCCCC1. The van der Waals surface area contributed by atoms with Crippen LogP contribution in [-0.2, 0) is 14.9 Å². The third kappa shape index (κ3) is 2.59. The van der Waals surface area contributed by atoms with Gasteiger partial charge in [0.1, 0.15) is 11.2 Å². The van der Waals surface area contributed by atoms with Crippen molar-refractivity contribution >= 4 is 32.9 Å². The molecule has 0 atom stereocenters. The first-order valence-corrected chi connectivity index (χ1v) is 8.28. The van der Waals surface area contributed by atoms with Gasteiger partial charge >= 0.3 is 5.97 Å². The van der Waals surface area contributed by atoms with Crippen molar-refractivity contribution in [3.8, 4) is 0 Å². The van der Waals surface area contributed by atoms with E-state index in [1.807, 2.05) is 25.1 Å². The van der Waals surface area contributed by atoms with Crippen LogP contribution in [0.1, 0.15) is 44.9 Å². The van der Waals surface area contributed by atoms with Gasteiger partial charge in [-0.2, -0.15) is 0 Å². The van der Waals surface area contributed by atoms with Gasteiger partial charge in [0.05, 0.1) is 17.6 Å². The van der Waals surface area contributed by atoms with E-state index in [4.69, 9.17) is 4.74 Å². The number of esters is 1. The second-order valence-corrected chi connectivity index (χ2v) is 6.53. The summed E-state index contributed by atoms with van der Waals surface area (Å²) in [5.41, 5.74) is 1.25. The van der Waals surface area contributed by atoms with E-state index in [1.165, 1.54) is 6.42 Å². The van der Waals surface area contributed by atoms with Gasteiger partial charge in [-0.05, 0) is 38.0 Å². The Morgan fingerprint density at radius 1 is 1.38 bits per heavy atom. The minimum absolute atomic E-state index is 0.136. The summed E-state index contributed by atoms with van der Waals surface area (Å²) >= 11 is 3.47. The monoisotopic (exact) mass is 350 g/mol. The Balaban J connectivity index is 2.07. The molecule has 0 unspecified atom stereocenters. The number of aromatic amines is 1. The van der Waals surface area contributed by atoms with Crippen LogP contribution >= 0.6 is 15.9 Å². The molecule has 3 rings (SSSR count). The van der Waals surface area contributed by atoms with Gasteiger partial charge in [0.25, 0.3) is 0 Å². The lowest BCUT2D eigenvalue weighted by Crippen LogP contribution is -2.40. The molecule has 1 aromatic carbocycles. The maximum atomic E-state index is 12.6. The van der Waals surface area contributed by atoms with E-state index in [2.05, 4.69) is 25.9 Å². The minimum Gasteiger partial charge on any atom is -0.465 e. The highest BCUT2D eigenvalue weighted by atomic mass is 79.9. The van der Waals surface area contributed by atoms with Crippen LogP contribution < -0.4 is 0 Å². The van der Waals surface area contributed by atoms with Crippen LogP contribution in [0.5, 0.6) is 0 Å². The van der Waals surface area contributed by atoms with Gasteiger partial charge in [0, 0.05) is 4.47 Å². The lowest BCUT2D eigenvalue weighted by atomic mass is 9.73. The van der Waals surface area contributed by atoms with E-state index >= 15 is 0 Å². The maximum absolute atomic E-state index is 12.6. The molecule has 0 radical (unpaired) electrons. The number of halogens is 1. The van der Waals surface area contributed by atoms with Crippen LogP contribution in [0.2, 0.25) is 0 Å². The Morgan fingerprint density at radius 2 is 2.14 bits per heavy atom. The van der Waals surface area contributed by atoms with Gasteiger partial charge in [0.2, 0.25) is 0 Å². The molecule has 1 fully saturated rings. The predicted molar refractivity (Wildman–Crippen MR) is 85.2 cm³/mol. The van der Waals surface area contributed by atoms with Crippen molar-refractivity contribution in [2.24, 2.45) is 0 Å². The van der Waals surface area contributed by atoms with Crippen molar-refractivity contribution in [1.29, 1.82) is 0 Å². The molecule has 112 valence electrons. The molecule has 0 aliphatic heterocycles. The molecular formula is C16H19BrN2O2. The lowest BCUT2D eigenvalue weighted by Gasteiger charge is -2.32. The van der Waals surface area contributed by atoms with Crippen molar-refractivity contribution in [2.45, 2.75) is 44.4 Å². The Morgan fingerprint density at radius 3 is 2.86 bits per heavy atom. The van der Waals surface area contributed by atoms with Gasteiger partial charge in [-0.25, -0.2) is 4.98 Å². The molecule has 1 aliphatic rings. The number of benzene rings is 1. The summed E-state index contributed by atoms with van der Waals surface area (Å²) in [5.74, 6) is 0.622. The average Bonchev–Trinajstić information content (AvgIpc) is 2.91. The topological polar surface area (TPSA) is 55.0 Å². The van der Waals surface area contributed by atoms with Crippen molar-refractivity contribution < 1.29 is 9.53 Å². The second kappa shape index (κ2) is 5.79. The number of hydrogen-bond donors (Lipinski definition) is 1. The standard InChI is InChI=1S/C16H19BrN2O2/c1-2-21-15(20)16(8-4-3-5-9-16)14-18-12-7-6-11(17)10-13(12)19-14/h6-7,10H,2-5,8-9H2,1H3,(H,18,19). The van der Waals surface area contributed by atoms with Crippen molar-refractivity contribution in [1.82, 2.24) is 9.97 Å². The zero-order chi connectivity index (χ0) is 14.9. The number of H-pyrrole nitrogens is 1. The molecule has 1 aromatic heterocycles. The maximum Gasteiger partial charge on any atom is 0.319 e. The highest BCUT2D eigenvalue weighted by Crippen LogP contribution is 2.40. The first kappa shape index (κ1) is 14.6. The summed E-state index contributed by atoms with van der Waals surface area (Å²) in [7, 11) is 0. The summed E-state index contributed by atoms with van der Waals surface area (Å²) < 4.78 is 6.35. The Hall–Kier alpha value is -1.36. The van der Waals surface area contributed by atoms with Crippen molar-refractivity contribution in [3.05, 3.63) is 28.5 Å². The van der Waals surface area contributed by atoms with E-state index in [-0.39, 0.29) is 5.97 Å². The third-order valence-corrected chi connectivity index (χ3v) is 4.76. The van der Waals surface area contributed by atoms with Crippen LogP contribution in [0.25, 0.3) is 11.0 Å². The number of ether oxygens (including phenoxy) is 1. The predicted octanol–water partition coefficient (Wildman–Crippen LogP) is 4.09. The molecule has 2 aromatic rings. The first-order valence-electron chi connectivity index (χ1n) is 7.49. The highest BCUT2D eigenvalue weighted by molar-refractivity contribution is 9.10. The largest absolute Gasteiger partial charge is 0.465 e. The fourth-order valence-electron chi connectivity index (χ4n) is 3.17. The minimum atomic E-state index is -0.597. The molecule has 0 saturated heterocycles. The molecule has 1 heterocycles. The highest BCUT2D eigenvalue weighted by Gasteiger charge is 2.45. The van der Waals surface area contributed by atoms with Gasteiger partial charge < -0.3 is 9.72 Å². The normalized spacial score (nSPS) is 17.8. The van der Waals surface area contributed by atoms with E-state index in [0.29, 0.717) is 6.61 Å². The number of fused-ring (bicyclic) bond motifs is 1. The number of carbonyl (C=O) groups is 1. The molecular weight excluding hydrogens is 332 g/mol. The lowest BCUT2D eigenvalue weighted by molar-refractivity contribution is -0.152. The van der Waals surface area contributed by atoms with Gasteiger partial charge in [-0.1, -0.05) is 35.2 Å². The van der Waals surface area contributed by atoms with E-state index in [0.717, 1.165) is 47.0 Å². The number of hydrogen-bond acceptors (Lipinski definition) is 3. The van der Waals surface area contributed by atoms with Gasteiger partial charge in [0.15, 0.2) is 0 Å². The molecule has 1 saturated carbocycles. The summed E-state index contributed by atoms with van der Waals surface area (Å²) in [4.78, 5) is 20.6.